The first-order valence-electron chi connectivity index (χ1n) is 13.2. The van der Waals surface area contributed by atoms with Crippen LogP contribution in [-0.2, 0) is 20.8 Å². The molecule has 2 aromatic carbocycles. The molecule has 0 bridgehead atoms. The maximum Gasteiger partial charge on any atom is 0.339 e. The molecule has 5 rings (SSSR count). The van der Waals surface area contributed by atoms with Crippen LogP contribution in [0.1, 0.15) is 49.3 Å². The van der Waals surface area contributed by atoms with Crippen molar-refractivity contribution in [1.29, 1.82) is 0 Å². The number of rotatable bonds is 6. The number of aromatic nitrogens is 3. The van der Waals surface area contributed by atoms with Gasteiger partial charge in [-0.1, -0.05) is 29.8 Å². The van der Waals surface area contributed by atoms with Gasteiger partial charge in [-0.3, -0.25) is 0 Å². The Bertz CT molecular complexity index is 1530. The van der Waals surface area contributed by atoms with Crippen LogP contribution in [0.2, 0.25) is 0 Å². The van der Waals surface area contributed by atoms with E-state index in [0.717, 1.165) is 56.6 Å². The molecule has 1 aliphatic rings. The Morgan fingerprint density at radius 2 is 1.67 bits per heavy atom. The maximum absolute atomic E-state index is 13.4. The molecule has 4 aromatic rings. The molecule has 0 radical (unpaired) electrons. The molecule has 0 unspecified atom stereocenters. The third-order valence-corrected chi connectivity index (χ3v) is 7.22. The molecule has 0 amide bonds. The quantitative estimate of drug-likeness (QED) is 0.275. The van der Waals surface area contributed by atoms with Gasteiger partial charge in [0.15, 0.2) is 11.9 Å². The second-order valence-corrected chi connectivity index (χ2v) is 11.0. The first-order valence-corrected chi connectivity index (χ1v) is 13.2. The number of carbonyl (C=O) groups is 1. The van der Waals surface area contributed by atoms with Gasteiger partial charge in [0.2, 0.25) is 5.95 Å². The minimum Gasteiger partial charge on any atom is -0.494 e. The molecular weight excluding hydrogens is 492 g/mol. The average Bonchev–Trinajstić information content (AvgIpc) is 3.25. The van der Waals surface area contributed by atoms with Gasteiger partial charge in [-0.05, 0) is 64.3 Å². The first kappa shape index (κ1) is 26.7. The van der Waals surface area contributed by atoms with Gasteiger partial charge in [0.1, 0.15) is 0 Å². The van der Waals surface area contributed by atoms with Crippen LogP contribution in [0.4, 0.5) is 11.6 Å². The van der Waals surface area contributed by atoms with Crippen molar-refractivity contribution >= 4 is 28.5 Å². The Labute approximate surface area is 229 Å². The average molecular weight is 529 g/mol. The second-order valence-electron chi connectivity index (χ2n) is 11.0. The van der Waals surface area contributed by atoms with Crippen molar-refractivity contribution in [3.63, 3.8) is 0 Å². The van der Waals surface area contributed by atoms with E-state index in [2.05, 4.69) is 70.5 Å². The third-order valence-electron chi connectivity index (χ3n) is 7.22. The lowest BCUT2D eigenvalue weighted by Crippen LogP contribution is -2.32. The van der Waals surface area contributed by atoms with Crippen molar-refractivity contribution in [3.8, 4) is 16.9 Å². The highest BCUT2D eigenvalue weighted by Crippen LogP contribution is 2.49. The number of hydrogen-bond donors (Lipinski definition) is 0. The monoisotopic (exact) mass is 528 g/mol. The Morgan fingerprint density at radius 3 is 2.26 bits per heavy atom. The number of benzene rings is 2. The van der Waals surface area contributed by atoms with E-state index < -0.39 is 17.7 Å². The lowest BCUT2D eigenvalue weighted by molar-refractivity contribution is -0.164. The highest BCUT2D eigenvalue weighted by molar-refractivity contribution is 6.08. The minimum atomic E-state index is -0.934. The molecule has 0 saturated carbocycles. The summed E-state index contributed by atoms with van der Waals surface area (Å²) in [7, 11) is 3.00. The number of methoxy groups -OCH3 is 2. The zero-order valence-corrected chi connectivity index (χ0v) is 24.0. The van der Waals surface area contributed by atoms with Gasteiger partial charge >= 0.3 is 5.97 Å². The Kier molecular flexibility index (Phi) is 6.84. The van der Waals surface area contributed by atoms with Crippen molar-refractivity contribution in [2.75, 3.05) is 25.7 Å². The molecule has 0 spiro atoms. The van der Waals surface area contributed by atoms with Crippen LogP contribution < -0.4 is 9.64 Å². The summed E-state index contributed by atoms with van der Waals surface area (Å²) in [6.07, 6.45) is 2.42. The van der Waals surface area contributed by atoms with Crippen molar-refractivity contribution in [2.24, 2.45) is 0 Å². The number of ether oxygens (including phenoxy) is 3. The van der Waals surface area contributed by atoms with Crippen LogP contribution in [0, 0.1) is 20.8 Å². The Hall–Kier alpha value is -3.91. The van der Waals surface area contributed by atoms with Gasteiger partial charge < -0.3 is 23.7 Å². The lowest BCUT2D eigenvalue weighted by atomic mass is 9.87. The topological polar surface area (TPSA) is 78.7 Å². The predicted octanol–water partition coefficient (Wildman–Crippen LogP) is 6.21. The smallest absolute Gasteiger partial charge is 0.339 e. The van der Waals surface area contributed by atoms with Crippen molar-refractivity contribution in [2.45, 2.75) is 59.8 Å². The van der Waals surface area contributed by atoms with Gasteiger partial charge in [0.25, 0.3) is 0 Å². The van der Waals surface area contributed by atoms with Gasteiger partial charge in [0.05, 0.1) is 43.4 Å². The fraction of sp³-hybridized carbons (Fsp3) is 0.387. The summed E-state index contributed by atoms with van der Waals surface area (Å²) in [5.41, 5.74) is 7.49. The summed E-state index contributed by atoms with van der Waals surface area (Å²) in [6, 6.07) is 10.6. The molecule has 0 fully saturated rings. The summed E-state index contributed by atoms with van der Waals surface area (Å²) >= 11 is 0. The molecule has 8 heteroatoms. The molecule has 8 nitrogen and oxygen atoms in total. The van der Waals surface area contributed by atoms with Crippen LogP contribution in [0.25, 0.3) is 22.0 Å². The second kappa shape index (κ2) is 10.0. The first-order chi connectivity index (χ1) is 18.5. The normalized spacial score (nSPS) is 14.0. The lowest BCUT2D eigenvalue weighted by Gasteiger charge is -2.35. The molecule has 0 aliphatic carbocycles. The van der Waals surface area contributed by atoms with E-state index in [9.17, 15) is 4.79 Å². The fourth-order valence-corrected chi connectivity index (χ4v) is 5.49. The molecule has 1 atom stereocenters. The van der Waals surface area contributed by atoms with Gasteiger partial charge in [0, 0.05) is 29.7 Å². The van der Waals surface area contributed by atoms with E-state index in [4.69, 9.17) is 14.2 Å². The fourth-order valence-electron chi connectivity index (χ4n) is 5.49. The van der Waals surface area contributed by atoms with E-state index >= 15 is 0 Å². The predicted molar refractivity (Wildman–Crippen MR) is 153 cm³/mol. The van der Waals surface area contributed by atoms with Gasteiger partial charge in [-0.2, -0.15) is 0 Å². The maximum atomic E-state index is 13.4. The minimum absolute atomic E-state index is 0.438. The summed E-state index contributed by atoms with van der Waals surface area (Å²) in [4.78, 5) is 24.8. The SMILES string of the molecule is COC(=O)[C@@H](OC(C)(C)C)c1c(C)c2c3c(cc(C)n3CCN2c2ncc(OC)cn2)c1-c1ccc(C)cc1. The number of aryl methyl sites for hydroxylation is 2. The largest absolute Gasteiger partial charge is 0.494 e. The number of esters is 1. The Balaban J connectivity index is 1.89. The highest BCUT2D eigenvalue weighted by Gasteiger charge is 2.37. The zero-order chi connectivity index (χ0) is 28.1. The third kappa shape index (κ3) is 4.74. The number of nitrogens with zero attached hydrogens (tertiary/aromatic N) is 4. The van der Waals surface area contributed by atoms with E-state index in [1.54, 1.807) is 19.5 Å². The van der Waals surface area contributed by atoms with Crippen molar-refractivity contribution in [1.82, 2.24) is 14.5 Å². The number of carbonyl (C=O) groups excluding carboxylic acids is 1. The highest BCUT2D eigenvalue weighted by atomic mass is 16.6. The van der Waals surface area contributed by atoms with Crippen LogP contribution in [0.3, 0.4) is 0 Å². The summed E-state index contributed by atoms with van der Waals surface area (Å²) in [5, 5.41) is 1.05. The molecular formula is C31H36N4O4. The van der Waals surface area contributed by atoms with Crippen LogP contribution >= 0.6 is 0 Å². The van der Waals surface area contributed by atoms with E-state index in [1.807, 2.05) is 20.8 Å². The number of hydrogen-bond acceptors (Lipinski definition) is 7. The molecule has 0 saturated heterocycles. The summed E-state index contributed by atoms with van der Waals surface area (Å²) in [6.45, 7) is 13.6. The van der Waals surface area contributed by atoms with Crippen molar-refractivity contribution < 1.29 is 19.0 Å². The summed E-state index contributed by atoms with van der Waals surface area (Å²) < 4.78 is 19.4. The standard InChI is InChI=1S/C31H36N4O4/c1-18-9-11-21(12-10-18)25-23-15-19(2)34-13-14-35(30-32-16-22(37-7)17-33-30)26(27(23)34)20(3)24(25)28(29(36)38-8)39-31(4,5)6/h9-12,15-17,28H,13-14H2,1-8H3/t28-/m0/s1. The van der Waals surface area contributed by atoms with Gasteiger partial charge in [-0.15, -0.1) is 0 Å². The van der Waals surface area contributed by atoms with Crippen molar-refractivity contribution in [3.05, 3.63) is 65.1 Å². The van der Waals surface area contributed by atoms with Gasteiger partial charge in [-0.25, -0.2) is 14.8 Å². The summed E-state index contributed by atoms with van der Waals surface area (Å²) in [5.74, 6) is 0.731. The molecule has 3 heterocycles. The van der Waals surface area contributed by atoms with Crippen LogP contribution in [0.15, 0.2) is 42.7 Å². The molecule has 39 heavy (non-hydrogen) atoms. The van der Waals surface area contributed by atoms with Crippen LogP contribution in [0.5, 0.6) is 5.75 Å². The number of anilines is 2. The zero-order valence-electron chi connectivity index (χ0n) is 24.0. The van der Waals surface area contributed by atoms with E-state index in [1.165, 1.54) is 7.11 Å². The Morgan fingerprint density at radius 1 is 1.00 bits per heavy atom. The van der Waals surface area contributed by atoms with E-state index in [0.29, 0.717) is 18.2 Å². The van der Waals surface area contributed by atoms with E-state index in [-0.39, 0.29) is 0 Å². The van der Waals surface area contributed by atoms with Crippen LogP contribution in [-0.4, -0.2) is 46.9 Å². The molecule has 204 valence electrons. The molecule has 2 aromatic heterocycles. The molecule has 1 aliphatic heterocycles. The molecule has 0 N–H and O–H groups in total.